The summed E-state index contributed by atoms with van der Waals surface area (Å²) in [7, 11) is 0. The zero-order chi connectivity index (χ0) is 10.8. The number of nitrogens with one attached hydrogen (secondary N) is 1. The fraction of sp³-hybridized carbons (Fsp3) is 0.100. The Morgan fingerprint density at radius 1 is 1.13 bits per heavy atom. The van der Waals surface area contributed by atoms with Crippen LogP contribution in [0.5, 0.6) is 0 Å². The van der Waals surface area contributed by atoms with Gasteiger partial charge in [-0.2, -0.15) is 0 Å². The molecule has 5 heteroatoms. The molecule has 76 valence electrons. The molecule has 0 radical (unpaired) electrons. The number of amides is 2. The van der Waals surface area contributed by atoms with E-state index in [9.17, 15) is 14.4 Å². The molecule has 1 aliphatic heterocycles. The number of aromatic nitrogens is 1. The molecule has 0 aliphatic carbocycles. The second-order valence-electron chi connectivity index (χ2n) is 3.16. The molecule has 0 atom stereocenters. The molecule has 1 aromatic heterocycles. The summed E-state index contributed by atoms with van der Waals surface area (Å²) in [6, 6.07) is 3.01. The van der Waals surface area contributed by atoms with E-state index in [4.69, 9.17) is 0 Å². The Kier molecular flexibility index (Phi) is 2.21. The van der Waals surface area contributed by atoms with Crippen molar-refractivity contribution in [1.29, 1.82) is 0 Å². The Hall–Kier alpha value is -2.17. The summed E-state index contributed by atoms with van der Waals surface area (Å²) in [5.41, 5.74) is 0.378. The topological polar surface area (TPSA) is 70.2 Å². The fourth-order valence-electron chi connectivity index (χ4n) is 1.36. The lowest BCUT2D eigenvalue weighted by Gasteiger charge is -2.12. The monoisotopic (exact) mass is 204 g/mol. The van der Waals surface area contributed by atoms with Crippen LogP contribution in [-0.4, -0.2) is 21.7 Å². The number of carbonyl (C=O) groups excluding carboxylic acids is 2. The highest BCUT2D eigenvalue weighted by Crippen LogP contribution is 2.08. The van der Waals surface area contributed by atoms with Gasteiger partial charge in [0.2, 0.25) is 5.56 Å². The maximum absolute atomic E-state index is 11.2. The first-order valence-corrected chi connectivity index (χ1v) is 4.38. The molecular weight excluding hydrogens is 196 g/mol. The van der Waals surface area contributed by atoms with Gasteiger partial charge in [0.1, 0.15) is 0 Å². The highest BCUT2D eigenvalue weighted by Gasteiger charge is 2.23. The van der Waals surface area contributed by atoms with Crippen LogP contribution in [0.15, 0.2) is 35.3 Å². The van der Waals surface area contributed by atoms with Gasteiger partial charge in [0.15, 0.2) is 0 Å². The van der Waals surface area contributed by atoms with Crippen LogP contribution in [-0.2, 0) is 16.1 Å². The Bertz CT molecular complexity index is 483. The minimum Gasteiger partial charge on any atom is -0.329 e. The van der Waals surface area contributed by atoms with Crippen molar-refractivity contribution in [3.63, 3.8) is 0 Å². The van der Waals surface area contributed by atoms with Gasteiger partial charge < -0.3 is 4.98 Å². The predicted molar refractivity (Wildman–Crippen MR) is 51.8 cm³/mol. The van der Waals surface area contributed by atoms with Crippen LogP contribution in [0.3, 0.4) is 0 Å². The van der Waals surface area contributed by atoms with Crippen molar-refractivity contribution in [2.45, 2.75) is 6.54 Å². The van der Waals surface area contributed by atoms with Crippen molar-refractivity contribution in [3.05, 3.63) is 46.4 Å². The Labute approximate surface area is 85.0 Å². The summed E-state index contributed by atoms with van der Waals surface area (Å²) in [4.78, 5) is 36.9. The molecular formula is C10H8N2O3. The Morgan fingerprint density at radius 2 is 1.80 bits per heavy atom. The van der Waals surface area contributed by atoms with E-state index < -0.39 is 0 Å². The first-order chi connectivity index (χ1) is 7.16. The van der Waals surface area contributed by atoms with E-state index in [1.807, 2.05) is 0 Å². The van der Waals surface area contributed by atoms with Gasteiger partial charge >= 0.3 is 0 Å². The number of aromatic amines is 1. The molecule has 0 aromatic carbocycles. The number of H-pyrrole nitrogens is 1. The number of nitrogens with zero attached hydrogens (tertiary/aromatic N) is 1. The number of imide groups is 1. The predicted octanol–water partition coefficient (Wildman–Crippen LogP) is -0.200. The molecule has 5 nitrogen and oxygen atoms in total. The molecule has 0 fully saturated rings. The lowest BCUT2D eigenvalue weighted by molar-refractivity contribution is -0.137. The van der Waals surface area contributed by atoms with Crippen molar-refractivity contribution in [2.75, 3.05) is 0 Å². The van der Waals surface area contributed by atoms with E-state index in [2.05, 4.69) is 4.98 Å². The molecule has 0 saturated heterocycles. The average molecular weight is 204 g/mol. The van der Waals surface area contributed by atoms with Crippen molar-refractivity contribution in [2.24, 2.45) is 0 Å². The summed E-state index contributed by atoms with van der Waals surface area (Å²) in [5, 5.41) is 0. The lowest BCUT2D eigenvalue weighted by Crippen LogP contribution is -2.29. The van der Waals surface area contributed by atoms with Crippen molar-refractivity contribution < 1.29 is 9.59 Å². The Balaban J connectivity index is 2.19. The third kappa shape index (κ3) is 1.85. The number of hydrogen-bond acceptors (Lipinski definition) is 3. The minimum absolute atomic E-state index is 0.134. The van der Waals surface area contributed by atoms with Gasteiger partial charge in [-0.1, -0.05) is 0 Å². The lowest BCUT2D eigenvalue weighted by atomic mass is 10.2. The maximum atomic E-state index is 11.2. The molecule has 0 spiro atoms. The van der Waals surface area contributed by atoms with E-state index in [-0.39, 0.29) is 23.9 Å². The molecule has 1 N–H and O–H groups in total. The van der Waals surface area contributed by atoms with E-state index in [0.29, 0.717) is 5.56 Å². The van der Waals surface area contributed by atoms with Gasteiger partial charge in [-0.3, -0.25) is 19.3 Å². The standard InChI is InChI=1S/C10H8N2O3/c13-8-5-7(3-4-11-8)6-12-9(14)1-2-10(12)15/h1-5H,6H2,(H,11,13). The van der Waals surface area contributed by atoms with Gasteiger partial charge in [-0.05, 0) is 11.6 Å². The first-order valence-electron chi connectivity index (χ1n) is 4.38. The average Bonchev–Trinajstić information content (AvgIpc) is 2.50. The van der Waals surface area contributed by atoms with Crippen LogP contribution in [0, 0.1) is 0 Å². The van der Waals surface area contributed by atoms with Crippen molar-refractivity contribution >= 4 is 11.8 Å². The number of pyridine rings is 1. The summed E-state index contributed by atoms with van der Waals surface area (Å²) >= 11 is 0. The SMILES string of the molecule is O=C1C=CC(=O)N1Cc1cc[nH]c(=O)c1. The summed E-state index contributed by atoms with van der Waals surface area (Å²) in [6.45, 7) is 0.134. The van der Waals surface area contributed by atoms with Crippen LogP contribution >= 0.6 is 0 Å². The van der Waals surface area contributed by atoms with E-state index >= 15 is 0 Å². The molecule has 1 aromatic rings. The molecule has 2 rings (SSSR count). The number of rotatable bonds is 2. The third-order valence-electron chi connectivity index (χ3n) is 2.08. The molecule has 0 saturated carbocycles. The largest absolute Gasteiger partial charge is 0.329 e. The highest BCUT2D eigenvalue weighted by atomic mass is 16.2. The minimum atomic E-state index is -0.347. The molecule has 15 heavy (non-hydrogen) atoms. The summed E-state index contributed by atoms with van der Waals surface area (Å²) in [6.07, 6.45) is 3.92. The molecule has 0 unspecified atom stereocenters. The second-order valence-corrected chi connectivity index (χ2v) is 3.16. The van der Waals surface area contributed by atoms with Crippen molar-refractivity contribution in [3.8, 4) is 0 Å². The maximum Gasteiger partial charge on any atom is 0.253 e. The molecule has 2 heterocycles. The fourth-order valence-corrected chi connectivity index (χ4v) is 1.36. The van der Waals surface area contributed by atoms with Gasteiger partial charge in [0.05, 0.1) is 6.54 Å². The second kappa shape index (κ2) is 3.53. The first kappa shape index (κ1) is 9.39. The number of hydrogen-bond donors (Lipinski definition) is 1. The van der Waals surface area contributed by atoms with E-state index in [1.165, 1.54) is 24.4 Å². The van der Waals surface area contributed by atoms with Crippen LogP contribution in [0.2, 0.25) is 0 Å². The van der Waals surface area contributed by atoms with E-state index in [1.54, 1.807) is 6.07 Å². The van der Waals surface area contributed by atoms with Gasteiger partial charge in [0.25, 0.3) is 11.8 Å². The van der Waals surface area contributed by atoms with Gasteiger partial charge in [-0.25, -0.2) is 0 Å². The third-order valence-corrected chi connectivity index (χ3v) is 2.08. The summed E-state index contributed by atoms with van der Waals surface area (Å²) < 4.78 is 0. The zero-order valence-electron chi connectivity index (χ0n) is 7.77. The van der Waals surface area contributed by atoms with Crippen LogP contribution < -0.4 is 5.56 Å². The summed E-state index contributed by atoms with van der Waals surface area (Å²) in [5.74, 6) is -0.694. The molecule has 0 bridgehead atoms. The number of carbonyl (C=O) groups is 2. The van der Waals surface area contributed by atoms with Crippen LogP contribution in [0.4, 0.5) is 0 Å². The van der Waals surface area contributed by atoms with Crippen molar-refractivity contribution in [1.82, 2.24) is 9.88 Å². The van der Waals surface area contributed by atoms with Crippen LogP contribution in [0.25, 0.3) is 0 Å². The zero-order valence-corrected chi connectivity index (χ0v) is 7.77. The Morgan fingerprint density at radius 3 is 2.40 bits per heavy atom. The van der Waals surface area contributed by atoms with Gasteiger partial charge in [0, 0.05) is 24.4 Å². The van der Waals surface area contributed by atoms with Gasteiger partial charge in [-0.15, -0.1) is 0 Å². The van der Waals surface area contributed by atoms with E-state index in [0.717, 1.165) is 4.90 Å². The molecule has 1 aliphatic rings. The normalized spacial score (nSPS) is 15.1. The quantitative estimate of drug-likeness (QED) is 0.678. The van der Waals surface area contributed by atoms with Crippen LogP contribution in [0.1, 0.15) is 5.56 Å². The highest BCUT2D eigenvalue weighted by molar-refractivity contribution is 6.12. The smallest absolute Gasteiger partial charge is 0.253 e. The molecule has 2 amide bonds.